The summed E-state index contributed by atoms with van der Waals surface area (Å²) in [5.74, 6) is 2.45. The molecule has 3 aromatic carbocycles. The molecule has 3 aromatic rings. The van der Waals surface area contributed by atoms with Crippen LogP contribution in [0.15, 0.2) is 83.9 Å². The molecule has 2 aliphatic heterocycles. The van der Waals surface area contributed by atoms with Gasteiger partial charge in [0.25, 0.3) is 0 Å². The number of nitrogens with zero attached hydrogens (tertiary/aromatic N) is 3. The molecule has 0 aromatic heterocycles. The van der Waals surface area contributed by atoms with E-state index in [9.17, 15) is 4.79 Å². The Morgan fingerprint density at radius 3 is 2.32 bits per heavy atom. The van der Waals surface area contributed by atoms with E-state index in [0.717, 1.165) is 34.1 Å². The Balaban J connectivity index is 1.30. The molecular formula is C25H24N4O2. The van der Waals surface area contributed by atoms with Gasteiger partial charge in [-0.2, -0.15) is 0 Å². The number of para-hydroxylation sites is 3. The topological polar surface area (TPSA) is 57.2 Å². The number of rotatable bonds is 2. The van der Waals surface area contributed by atoms with E-state index >= 15 is 0 Å². The van der Waals surface area contributed by atoms with E-state index in [0.29, 0.717) is 32.7 Å². The number of amidine groups is 1. The second-order valence-corrected chi connectivity index (χ2v) is 7.62. The van der Waals surface area contributed by atoms with E-state index < -0.39 is 0 Å². The summed E-state index contributed by atoms with van der Waals surface area (Å²) < 4.78 is 6.14. The van der Waals surface area contributed by atoms with E-state index in [1.54, 1.807) is 0 Å². The van der Waals surface area contributed by atoms with Gasteiger partial charge in [-0.1, -0.05) is 54.6 Å². The quantitative estimate of drug-likeness (QED) is 0.679. The molecule has 1 fully saturated rings. The van der Waals surface area contributed by atoms with Gasteiger partial charge in [0.05, 0.1) is 5.56 Å². The molecule has 1 saturated heterocycles. The Hall–Kier alpha value is -3.80. The summed E-state index contributed by atoms with van der Waals surface area (Å²) in [4.78, 5) is 21.7. The van der Waals surface area contributed by atoms with Crippen LogP contribution in [0.1, 0.15) is 11.1 Å². The Bertz CT molecular complexity index is 1110. The zero-order chi connectivity index (χ0) is 21.0. The molecule has 156 valence electrons. The maximum atomic E-state index is 12.6. The first-order valence-electron chi connectivity index (χ1n) is 10.5. The van der Waals surface area contributed by atoms with Crippen molar-refractivity contribution in [2.24, 2.45) is 4.99 Å². The smallest absolute Gasteiger partial charge is 0.317 e. The van der Waals surface area contributed by atoms with Crippen LogP contribution in [0.5, 0.6) is 11.5 Å². The van der Waals surface area contributed by atoms with Crippen LogP contribution in [0, 0.1) is 0 Å². The van der Waals surface area contributed by atoms with Gasteiger partial charge < -0.3 is 19.9 Å². The van der Waals surface area contributed by atoms with Crippen molar-refractivity contribution in [3.05, 3.63) is 90.0 Å². The highest BCUT2D eigenvalue weighted by Gasteiger charge is 2.27. The Morgan fingerprint density at radius 2 is 1.52 bits per heavy atom. The lowest BCUT2D eigenvalue weighted by Gasteiger charge is -2.36. The van der Waals surface area contributed by atoms with Crippen molar-refractivity contribution < 1.29 is 9.53 Å². The van der Waals surface area contributed by atoms with Crippen molar-refractivity contribution in [2.45, 2.75) is 6.54 Å². The van der Waals surface area contributed by atoms with Crippen molar-refractivity contribution in [3.8, 4) is 11.5 Å². The van der Waals surface area contributed by atoms with Crippen LogP contribution in [0.3, 0.4) is 0 Å². The number of nitrogens with one attached hydrogen (secondary N) is 1. The average molecular weight is 412 g/mol. The van der Waals surface area contributed by atoms with Gasteiger partial charge in [0.1, 0.15) is 17.3 Å². The number of carbonyl (C=O) groups excluding carboxylic acids is 1. The fourth-order valence-corrected chi connectivity index (χ4v) is 3.92. The van der Waals surface area contributed by atoms with Crippen molar-refractivity contribution in [2.75, 3.05) is 26.2 Å². The molecule has 1 N–H and O–H groups in total. The predicted octanol–water partition coefficient (Wildman–Crippen LogP) is 4.40. The first-order chi connectivity index (χ1) is 15.3. The largest absolute Gasteiger partial charge is 0.454 e. The highest BCUT2D eigenvalue weighted by molar-refractivity contribution is 6.03. The Morgan fingerprint density at radius 1 is 0.839 bits per heavy atom. The summed E-state index contributed by atoms with van der Waals surface area (Å²) in [6.45, 7) is 3.25. The van der Waals surface area contributed by atoms with Crippen molar-refractivity contribution in [1.82, 2.24) is 15.1 Å². The van der Waals surface area contributed by atoms with Gasteiger partial charge in [0.2, 0.25) is 0 Å². The number of hydrogen-bond acceptors (Lipinski definition) is 4. The molecule has 0 atom stereocenters. The molecular weight excluding hydrogens is 388 g/mol. The average Bonchev–Trinajstić information content (AvgIpc) is 3.00. The number of aliphatic imine (C=N–C) groups is 1. The highest BCUT2D eigenvalue weighted by atomic mass is 16.5. The molecule has 0 saturated carbocycles. The SMILES string of the molecule is O=C(NCc1ccccc1)N1CCN(C2=Nc3ccccc3Oc3ccccc32)CC1. The fraction of sp³-hybridized carbons (Fsp3) is 0.200. The molecule has 0 bridgehead atoms. The molecule has 0 unspecified atom stereocenters. The molecule has 2 heterocycles. The summed E-state index contributed by atoms with van der Waals surface area (Å²) in [6.07, 6.45) is 0. The first kappa shape index (κ1) is 19.2. The van der Waals surface area contributed by atoms with Gasteiger partial charge in [0.15, 0.2) is 5.75 Å². The van der Waals surface area contributed by atoms with E-state index in [4.69, 9.17) is 9.73 Å². The molecule has 2 amide bonds. The molecule has 2 aliphatic rings. The van der Waals surface area contributed by atoms with E-state index in [1.807, 2.05) is 83.8 Å². The summed E-state index contributed by atoms with van der Waals surface area (Å²) in [5, 5.41) is 3.02. The molecule has 0 radical (unpaired) electrons. The van der Waals surface area contributed by atoms with Gasteiger partial charge in [-0.15, -0.1) is 0 Å². The van der Waals surface area contributed by atoms with Crippen LogP contribution in [0.4, 0.5) is 10.5 Å². The third-order valence-electron chi connectivity index (χ3n) is 5.59. The number of amides is 2. The monoisotopic (exact) mass is 412 g/mol. The van der Waals surface area contributed by atoms with Gasteiger partial charge in [-0.05, 0) is 29.8 Å². The summed E-state index contributed by atoms with van der Waals surface area (Å²) in [7, 11) is 0. The summed E-state index contributed by atoms with van der Waals surface area (Å²) in [5.41, 5.74) is 2.88. The summed E-state index contributed by atoms with van der Waals surface area (Å²) >= 11 is 0. The van der Waals surface area contributed by atoms with Gasteiger partial charge in [0, 0.05) is 32.7 Å². The van der Waals surface area contributed by atoms with Crippen molar-refractivity contribution in [1.29, 1.82) is 0 Å². The van der Waals surface area contributed by atoms with Crippen LogP contribution in [-0.2, 0) is 6.54 Å². The van der Waals surface area contributed by atoms with Crippen LogP contribution in [-0.4, -0.2) is 47.8 Å². The third-order valence-corrected chi connectivity index (χ3v) is 5.59. The Kier molecular flexibility index (Phi) is 5.27. The second kappa shape index (κ2) is 8.52. The van der Waals surface area contributed by atoms with Crippen molar-refractivity contribution in [3.63, 3.8) is 0 Å². The van der Waals surface area contributed by atoms with E-state index in [1.165, 1.54) is 0 Å². The number of piperazine rings is 1. The van der Waals surface area contributed by atoms with Crippen molar-refractivity contribution >= 4 is 17.6 Å². The highest BCUT2D eigenvalue weighted by Crippen LogP contribution is 2.37. The number of ether oxygens (including phenoxy) is 1. The number of hydrogen-bond donors (Lipinski definition) is 1. The number of carbonyl (C=O) groups is 1. The van der Waals surface area contributed by atoms with Crippen LogP contribution in [0.25, 0.3) is 0 Å². The molecule has 31 heavy (non-hydrogen) atoms. The van der Waals surface area contributed by atoms with Crippen LogP contribution in [0.2, 0.25) is 0 Å². The first-order valence-corrected chi connectivity index (χ1v) is 10.5. The van der Waals surface area contributed by atoms with Crippen LogP contribution < -0.4 is 10.1 Å². The molecule has 6 heteroatoms. The molecule has 5 rings (SSSR count). The lowest BCUT2D eigenvalue weighted by atomic mass is 10.1. The lowest BCUT2D eigenvalue weighted by Crippen LogP contribution is -2.53. The summed E-state index contributed by atoms with van der Waals surface area (Å²) in [6, 6.07) is 25.7. The zero-order valence-corrected chi connectivity index (χ0v) is 17.2. The lowest BCUT2D eigenvalue weighted by molar-refractivity contribution is 0.169. The molecule has 0 spiro atoms. The number of urea groups is 1. The fourth-order valence-electron chi connectivity index (χ4n) is 3.92. The van der Waals surface area contributed by atoms with Gasteiger partial charge in [-0.3, -0.25) is 0 Å². The predicted molar refractivity (Wildman–Crippen MR) is 121 cm³/mol. The van der Waals surface area contributed by atoms with Gasteiger partial charge in [-0.25, -0.2) is 9.79 Å². The maximum Gasteiger partial charge on any atom is 0.317 e. The normalized spacial score (nSPS) is 15.2. The van der Waals surface area contributed by atoms with E-state index in [2.05, 4.69) is 10.2 Å². The second-order valence-electron chi connectivity index (χ2n) is 7.62. The minimum absolute atomic E-state index is 0.0274. The minimum Gasteiger partial charge on any atom is -0.454 e. The maximum absolute atomic E-state index is 12.6. The molecule has 0 aliphatic carbocycles. The number of fused-ring (bicyclic) bond motifs is 2. The number of benzene rings is 3. The van der Waals surface area contributed by atoms with E-state index in [-0.39, 0.29) is 6.03 Å². The minimum atomic E-state index is -0.0274. The zero-order valence-electron chi connectivity index (χ0n) is 17.2. The van der Waals surface area contributed by atoms with Crippen LogP contribution >= 0.6 is 0 Å². The third kappa shape index (κ3) is 4.10. The Labute approximate surface area is 181 Å². The standard InChI is InChI=1S/C25H24N4O2/c30-25(26-18-19-8-2-1-3-9-19)29-16-14-28(15-17-29)24-20-10-4-6-12-22(20)31-23-13-7-5-11-21(23)27-24/h1-13H,14-18H2,(H,26,30). The van der Waals surface area contributed by atoms with Gasteiger partial charge >= 0.3 is 6.03 Å². The molecule has 6 nitrogen and oxygen atoms in total.